The summed E-state index contributed by atoms with van der Waals surface area (Å²) < 4.78 is 0. The molecule has 1 nitrogen and oxygen atoms in total. The van der Waals surface area contributed by atoms with Crippen LogP contribution in [-0.4, -0.2) is 0 Å². The fourth-order valence-corrected chi connectivity index (χ4v) is 11.0. The van der Waals surface area contributed by atoms with Gasteiger partial charge in [-0.25, -0.2) is 0 Å². The molecule has 60 heavy (non-hydrogen) atoms. The molecule has 0 saturated heterocycles. The van der Waals surface area contributed by atoms with Gasteiger partial charge in [-0.2, -0.15) is 0 Å². The van der Waals surface area contributed by atoms with Gasteiger partial charge < -0.3 is 4.90 Å². The molecular formula is C59H37N. The summed E-state index contributed by atoms with van der Waals surface area (Å²) >= 11 is 0. The largest absolute Gasteiger partial charge is 0.310 e. The van der Waals surface area contributed by atoms with Crippen LogP contribution in [0.3, 0.4) is 0 Å². The molecule has 0 saturated carbocycles. The Kier molecular flexibility index (Phi) is 7.00. The van der Waals surface area contributed by atoms with Crippen molar-refractivity contribution < 1.29 is 0 Å². The van der Waals surface area contributed by atoms with Gasteiger partial charge in [0.2, 0.25) is 0 Å². The molecule has 10 aromatic carbocycles. The zero-order valence-corrected chi connectivity index (χ0v) is 32.8. The van der Waals surface area contributed by atoms with Gasteiger partial charge in [-0.15, -0.1) is 0 Å². The molecule has 0 atom stereocenters. The highest BCUT2D eigenvalue weighted by atomic mass is 15.1. The first-order valence-corrected chi connectivity index (χ1v) is 20.9. The molecule has 0 radical (unpaired) electrons. The topological polar surface area (TPSA) is 3.24 Å². The van der Waals surface area contributed by atoms with Crippen LogP contribution in [0.2, 0.25) is 0 Å². The predicted octanol–water partition coefficient (Wildman–Crippen LogP) is 15.6. The number of fused-ring (bicyclic) bond motifs is 13. The molecule has 0 bridgehead atoms. The van der Waals surface area contributed by atoms with Crippen molar-refractivity contribution in [2.24, 2.45) is 0 Å². The summed E-state index contributed by atoms with van der Waals surface area (Å²) in [6.45, 7) is 0. The van der Waals surface area contributed by atoms with Crippen LogP contribution in [0.15, 0.2) is 224 Å². The molecule has 3 aliphatic carbocycles. The summed E-state index contributed by atoms with van der Waals surface area (Å²) in [7, 11) is 0. The van der Waals surface area contributed by atoms with E-state index in [1.807, 2.05) is 0 Å². The highest BCUT2D eigenvalue weighted by Crippen LogP contribution is 2.65. The fourth-order valence-electron chi connectivity index (χ4n) is 11.0. The summed E-state index contributed by atoms with van der Waals surface area (Å²) in [6, 6.07) is 83.5. The SMILES string of the molecule is c1ccc(-c2ccc(N(c3ccc(-c4ccc5c6c(cccc46)-c4ccccc4-5)cc3)c3cccc4c3C3(c5ccccc5-c5ccccc53)c3ccccc3-4)cc2)cc1. The van der Waals surface area contributed by atoms with Crippen molar-refractivity contribution in [3.8, 4) is 66.8 Å². The molecule has 0 unspecified atom stereocenters. The van der Waals surface area contributed by atoms with Gasteiger partial charge in [-0.3, -0.25) is 0 Å². The Morgan fingerprint density at radius 1 is 0.267 bits per heavy atom. The molecule has 3 aliphatic rings. The highest BCUT2D eigenvalue weighted by Gasteiger charge is 2.53. The normalized spacial score (nSPS) is 13.1. The molecule has 278 valence electrons. The van der Waals surface area contributed by atoms with Gasteiger partial charge in [0, 0.05) is 16.9 Å². The summed E-state index contributed by atoms with van der Waals surface area (Å²) in [6.07, 6.45) is 0. The standard InChI is InChI=1S/C59H37N/c1-2-14-38(15-3-1)39-28-32-41(33-29-39)60(42-34-30-40(31-35-42)43-36-37-51-45-17-5-4-16-44(45)50-22-12-21-49(43)57(50)51)56-27-13-23-52-48-20-8-11-26-55(48)59(58(52)56)53-24-9-6-18-46(53)47-19-7-10-25-54(47)59/h1-37H. The summed E-state index contributed by atoms with van der Waals surface area (Å²) in [5, 5.41) is 2.64. The number of nitrogens with zero attached hydrogens (tertiary/aromatic N) is 1. The van der Waals surface area contributed by atoms with E-state index >= 15 is 0 Å². The summed E-state index contributed by atoms with van der Waals surface area (Å²) in [5.74, 6) is 0. The zero-order chi connectivity index (χ0) is 39.4. The lowest BCUT2D eigenvalue weighted by atomic mass is 9.70. The van der Waals surface area contributed by atoms with E-state index in [9.17, 15) is 0 Å². The monoisotopic (exact) mass is 759 g/mol. The summed E-state index contributed by atoms with van der Waals surface area (Å²) in [4.78, 5) is 2.50. The van der Waals surface area contributed by atoms with Crippen LogP contribution in [0.5, 0.6) is 0 Å². The number of benzene rings is 10. The molecule has 0 heterocycles. The number of hydrogen-bond acceptors (Lipinski definition) is 1. The van der Waals surface area contributed by atoms with E-state index in [2.05, 4.69) is 229 Å². The molecule has 13 rings (SSSR count). The molecule has 1 spiro atoms. The Morgan fingerprint density at radius 2 is 0.700 bits per heavy atom. The van der Waals surface area contributed by atoms with Gasteiger partial charge in [0.25, 0.3) is 0 Å². The van der Waals surface area contributed by atoms with E-state index in [0.29, 0.717) is 0 Å². The van der Waals surface area contributed by atoms with Crippen LogP contribution in [0.4, 0.5) is 17.1 Å². The minimum atomic E-state index is -0.486. The second kappa shape index (κ2) is 12.6. The minimum absolute atomic E-state index is 0.486. The van der Waals surface area contributed by atoms with Crippen molar-refractivity contribution in [1.82, 2.24) is 0 Å². The maximum absolute atomic E-state index is 2.50. The molecule has 0 aliphatic heterocycles. The zero-order valence-electron chi connectivity index (χ0n) is 32.8. The van der Waals surface area contributed by atoms with Crippen molar-refractivity contribution in [3.63, 3.8) is 0 Å². The highest BCUT2D eigenvalue weighted by molar-refractivity contribution is 6.18. The van der Waals surface area contributed by atoms with E-state index in [0.717, 1.165) is 11.4 Å². The first-order chi connectivity index (χ1) is 29.8. The molecular weight excluding hydrogens is 723 g/mol. The van der Waals surface area contributed by atoms with Crippen molar-refractivity contribution in [2.45, 2.75) is 5.41 Å². The maximum Gasteiger partial charge on any atom is 0.0746 e. The first-order valence-electron chi connectivity index (χ1n) is 20.9. The first kappa shape index (κ1) is 33.3. The van der Waals surface area contributed by atoms with Crippen molar-refractivity contribution in [2.75, 3.05) is 4.90 Å². The average Bonchev–Trinajstić information content (AvgIpc) is 3.93. The lowest BCUT2D eigenvalue weighted by Gasteiger charge is -2.36. The number of hydrogen-bond donors (Lipinski definition) is 0. The third-order valence-corrected chi connectivity index (χ3v) is 13.4. The number of rotatable bonds is 5. The van der Waals surface area contributed by atoms with Crippen LogP contribution in [0, 0.1) is 0 Å². The fraction of sp³-hybridized carbons (Fsp3) is 0.0169. The Morgan fingerprint density at radius 3 is 1.32 bits per heavy atom. The van der Waals surface area contributed by atoms with Crippen LogP contribution < -0.4 is 4.90 Å². The Balaban J connectivity index is 1.03. The van der Waals surface area contributed by atoms with Gasteiger partial charge >= 0.3 is 0 Å². The van der Waals surface area contributed by atoms with Crippen LogP contribution in [-0.2, 0) is 5.41 Å². The van der Waals surface area contributed by atoms with E-state index in [1.54, 1.807) is 0 Å². The van der Waals surface area contributed by atoms with Crippen LogP contribution >= 0.6 is 0 Å². The second-order valence-electron chi connectivity index (χ2n) is 16.3. The molecule has 0 fully saturated rings. The predicted molar refractivity (Wildman–Crippen MR) is 250 cm³/mol. The van der Waals surface area contributed by atoms with Crippen molar-refractivity contribution in [3.05, 3.63) is 247 Å². The van der Waals surface area contributed by atoms with E-state index in [4.69, 9.17) is 0 Å². The van der Waals surface area contributed by atoms with Gasteiger partial charge in [0.15, 0.2) is 0 Å². The van der Waals surface area contributed by atoms with Gasteiger partial charge in [-0.1, -0.05) is 194 Å². The van der Waals surface area contributed by atoms with Gasteiger partial charge in [0.1, 0.15) is 0 Å². The van der Waals surface area contributed by atoms with Crippen molar-refractivity contribution in [1.29, 1.82) is 0 Å². The molecule has 0 N–H and O–H groups in total. The molecule has 0 aromatic heterocycles. The van der Waals surface area contributed by atoms with E-state index in [1.165, 1.54) is 105 Å². The molecule has 10 aromatic rings. The van der Waals surface area contributed by atoms with Crippen molar-refractivity contribution >= 4 is 27.8 Å². The minimum Gasteiger partial charge on any atom is -0.310 e. The Hall–Kier alpha value is -7.74. The maximum atomic E-state index is 2.50. The quantitative estimate of drug-likeness (QED) is 0.169. The molecule has 1 heteroatoms. The van der Waals surface area contributed by atoms with E-state index < -0.39 is 5.41 Å². The van der Waals surface area contributed by atoms with Crippen LogP contribution in [0.25, 0.3) is 77.5 Å². The van der Waals surface area contributed by atoms with Gasteiger partial charge in [0.05, 0.1) is 11.1 Å². The summed E-state index contributed by atoms with van der Waals surface area (Å²) in [5.41, 5.74) is 23.6. The Bertz CT molecular complexity index is 3260. The third kappa shape index (κ3) is 4.47. The van der Waals surface area contributed by atoms with Crippen LogP contribution in [0.1, 0.15) is 22.3 Å². The smallest absolute Gasteiger partial charge is 0.0746 e. The lowest BCUT2D eigenvalue weighted by Crippen LogP contribution is -2.28. The molecule has 0 amide bonds. The number of anilines is 3. The van der Waals surface area contributed by atoms with E-state index in [-0.39, 0.29) is 0 Å². The second-order valence-corrected chi connectivity index (χ2v) is 16.3. The lowest BCUT2D eigenvalue weighted by molar-refractivity contribution is 0.793. The average molecular weight is 760 g/mol. The third-order valence-electron chi connectivity index (χ3n) is 13.4. The Labute approximate surface area is 350 Å². The van der Waals surface area contributed by atoms with Gasteiger partial charge in [-0.05, 0) is 125 Å².